The zero-order valence-electron chi connectivity index (χ0n) is 13.0. The Labute approximate surface area is 127 Å². The van der Waals surface area contributed by atoms with Gasteiger partial charge in [0.2, 0.25) is 0 Å². The molecule has 1 N–H and O–H groups in total. The molecule has 1 fully saturated rings. The molecule has 3 nitrogen and oxygen atoms in total. The minimum atomic E-state index is 0.566. The van der Waals surface area contributed by atoms with Crippen molar-refractivity contribution in [3.8, 4) is 0 Å². The van der Waals surface area contributed by atoms with Crippen LogP contribution in [0.1, 0.15) is 26.7 Å². The molecule has 1 unspecified atom stereocenters. The summed E-state index contributed by atoms with van der Waals surface area (Å²) in [6, 6.07) is 9.08. The summed E-state index contributed by atoms with van der Waals surface area (Å²) in [6.07, 6.45) is 6.34. The van der Waals surface area contributed by atoms with Gasteiger partial charge >= 0.3 is 0 Å². The number of aromatic nitrogens is 1. The maximum absolute atomic E-state index is 4.20. The molecule has 1 aliphatic heterocycles. The lowest BCUT2D eigenvalue weighted by Crippen LogP contribution is -2.27. The van der Waals surface area contributed by atoms with E-state index in [9.17, 15) is 0 Å². The number of hydrogen-bond donors (Lipinski definition) is 1. The molecule has 0 spiro atoms. The third-order valence-corrected chi connectivity index (χ3v) is 4.34. The summed E-state index contributed by atoms with van der Waals surface area (Å²) in [7, 11) is 0. The number of rotatable bonds is 5. The van der Waals surface area contributed by atoms with Crippen molar-refractivity contribution in [2.24, 2.45) is 5.92 Å². The first-order valence-corrected chi connectivity index (χ1v) is 8.04. The van der Waals surface area contributed by atoms with Gasteiger partial charge in [-0.2, -0.15) is 0 Å². The van der Waals surface area contributed by atoms with Gasteiger partial charge in [-0.1, -0.05) is 26.0 Å². The van der Waals surface area contributed by atoms with Crippen LogP contribution in [-0.4, -0.2) is 35.6 Å². The Balaban J connectivity index is 1.64. The van der Waals surface area contributed by atoms with Crippen LogP contribution in [0.5, 0.6) is 0 Å². The van der Waals surface area contributed by atoms with Crippen LogP contribution in [0.3, 0.4) is 0 Å². The third-order valence-electron chi connectivity index (χ3n) is 4.34. The molecule has 3 rings (SSSR count). The number of likely N-dealkylation sites (tertiary alicyclic amines) is 1. The number of nitrogens with one attached hydrogen (secondary N) is 1. The third kappa shape index (κ3) is 3.53. The minimum Gasteiger partial charge on any atom is -0.380 e. The van der Waals surface area contributed by atoms with Crippen LogP contribution < -0.4 is 5.32 Å². The normalized spacial score (nSPS) is 19.5. The van der Waals surface area contributed by atoms with Crippen LogP contribution in [0.2, 0.25) is 0 Å². The number of pyridine rings is 1. The first kappa shape index (κ1) is 14.3. The van der Waals surface area contributed by atoms with Gasteiger partial charge in [-0.15, -0.1) is 0 Å². The highest BCUT2D eigenvalue weighted by Gasteiger charge is 2.22. The van der Waals surface area contributed by atoms with Gasteiger partial charge < -0.3 is 10.2 Å². The van der Waals surface area contributed by atoms with Gasteiger partial charge in [0.05, 0.1) is 0 Å². The zero-order chi connectivity index (χ0) is 14.7. The number of fused-ring (bicyclic) bond motifs is 1. The lowest BCUT2D eigenvalue weighted by molar-refractivity contribution is 0.311. The van der Waals surface area contributed by atoms with E-state index in [0.29, 0.717) is 6.04 Å². The summed E-state index contributed by atoms with van der Waals surface area (Å²) in [6.45, 7) is 8.21. The fourth-order valence-corrected chi connectivity index (χ4v) is 3.06. The van der Waals surface area contributed by atoms with E-state index < -0.39 is 0 Å². The topological polar surface area (TPSA) is 28.2 Å². The maximum Gasteiger partial charge on any atom is 0.0423 e. The quantitative estimate of drug-likeness (QED) is 0.905. The van der Waals surface area contributed by atoms with Crippen molar-refractivity contribution >= 4 is 16.5 Å². The predicted molar refractivity (Wildman–Crippen MR) is 89.7 cm³/mol. The fraction of sp³-hybridized carbons (Fsp3) is 0.500. The Bertz CT molecular complexity index is 589. The van der Waals surface area contributed by atoms with E-state index in [0.717, 1.165) is 12.5 Å². The molecular weight excluding hydrogens is 258 g/mol. The monoisotopic (exact) mass is 283 g/mol. The van der Waals surface area contributed by atoms with E-state index in [1.54, 1.807) is 0 Å². The molecule has 1 aliphatic rings. The summed E-state index contributed by atoms with van der Waals surface area (Å²) >= 11 is 0. The minimum absolute atomic E-state index is 0.566. The smallest absolute Gasteiger partial charge is 0.0423 e. The SMILES string of the molecule is CC(C)CCN1CCC(Nc2cccc3cnccc23)C1. The summed E-state index contributed by atoms with van der Waals surface area (Å²) < 4.78 is 0. The zero-order valence-corrected chi connectivity index (χ0v) is 13.0. The average molecular weight is 283 g/mol. The van der Waals surface area contributed by atoms with Crippen LogP contribution in [0, 0.1) is 5.92 Å². The molecule has 3 heteroatoms. The largest absolute Gasteiger partial charge is 0.380 e. The van der Waals surface area contributed by atoms with Crippen molar-refractivity contribution in [3.05, 3.63) is 36.7 Å². The summed E-state index contributed by atoms with van der Waals surface area (Å²) in [5, 5.41) is 6.21. The Hall–Kier alpha value is -1.61. The predicted octanol–water partition coefficient (Wildman–Crippen LogP) is 3.77. The van der Waals surface area contributed by atoms with Crippen molar-refractivity contribution in [3.63, 3.8) is 0 Å². The van der Waals surface area contributed by atoms with Crippen LogP contribution >= 0.6 is 0 Å². The highest BCUT2D eigenvalue weighted by atomic mass is 15.2. The summed E-state index contributed by atoms with van der Waals surface area (Å²) in [5.41, 5.74) is 1.24. The lowest BCUT2D eigenvalue weighted by atomic mass is 10.1. The Kier molecular flexibility index (Phi) is 4.39. The van der Waals surface area contributed by atoms with Crippen molar-refractivity contribution in [1.29, 1.82) is 0 Å². The second-order valence-corrected chi connectivity index (χ2v) is 6.52. The molecule has 1 aromatic carbocycles. The second-order valence-electron chi connectivity index (χ2n) is 6.52. The van der Waals surface area contributed by atoms with E-state index >= 15 is 0 Å². The van der Waals surface area contributed by atoms with Gasteiger partial charge in [0.15, 0.2) is 0 Å². The van der Waals surface area contributed by atoms with Crippen molar-refractivity contribution in [2.75, 3.05) is 25.0 Å². The van der Waals surface area contributed by atoms with Crippen molar-refractivity contribution in [1.82, 2.24) is 9.88 Å². The van der Waals surface area contributed by atoms with E-state index in [4.69, 9.17) is 0 Å². The summed E-state index contributed by atoms with van der Waals surface area (Å²) in [5.74, 6) is 0.794. The van der Waals surface area contributed by atoms with Crippen LogP contribution in [0.25, 0.3) is 10.8 Å². The first-order chi connectivity index (χ1) is 10.2. The van der Waals surface area contributed by atoms with Crippen LogP contribution in [-0.2, 0) is 0 Å². The lowest BCUT2D eigenvalue weighted by Gasteiger charge is -2.19. The molecule has 2 aromatic rings. The second kappa shape index (κ2) is 6.44. The molecule has 0 amide bonds. The van der Waals surface area contributed by atoms with Gasteiger partial charge in [0, 0.05) is 48.0 Å². The molecule has 1 aromatic heterocycles. The van der Waals surface area contributed by atoms with E-state index in [-0.39, 0.29) is 0 Å². The molecule has 2 heterocycles. The standard InChI is InChI=1S/C18H25N3/c1-14(2)7-10-21-11-8-16(13-21)20-18-5-3-4-15-12-19-9-6-17(15)18/h3-6,9,12,14,16,20H,7-8,10-11,13H2,1-2H3. The molecule has 112 valence electrons. The van der Waals surface area contributed by atoms with Gasteiger partial charge in [0.25, 0.3) is 0 Å². The van der Waals surface area contributed by atoms with Gasteiger partial charge in [-0.25, -0.2) is 0 Å². The molecule has 21 heavy (non-hydrogen) atoms. The highest BCUT2D eigenvalue weighted by molar-refractivity contribution is 5.93. The molecule has 0 bridgehead atoms. The molecular formula is C18H25N3. The number of benzene rings is 1. The average Bonchev–Trinajstić information content (AvgIpc) is 2.93. The van der Waals surface area contributed by atoms with Crippen LogP contribution in [0.15, 0.2) is 36.7 Å². The Morgan fingerprint density at radius 1 is 1.33 bits per heavy atom. The maximum atomic E-state index is 4.20. The molecule has 1 atom stereocenters. The van der Waals surface area contributed by atoms with Gasteiger partial charge in [-0.3, -0.25) is 4.98 Å². The molecule has 0 saturated carbocycles. The molecule has 0 aliphatic carbocycles. The van der Waals surface area contributed by atoms with E-state index in [1.165, 1.54) is 42.4 Å². The van der Waals surface area contributed by atoms with Gasteiger partial charge in [0.1, 0.15) is 0 Å². The molecule has 0 radical (unpaired) electrons. The van der Waals surface area contributed by atoms with E-state index in [1.807, 2.05) is 12.4 Å². The van der Waals surface area contributed by atoms with Gasteiger partial charge in [-0.05, 0) is 37.4 Å². The van der Waals surface area contributed by atoms with Crippen molar-refractivity contribution < 1.29 is 0 Å². The van der Waals surface area contributed by atoms with E-state index in [2.05, 4.69) is 53.3 Å². The highest BCUT2D eigenvalue weighted by Crippen LogP contribution is 2.24. The Morgan fingerprint density at radius 2 is 2.24 bits per heavy atom. The fourth-order valence-electron chi connectivity index (χ4n) is 3.06. The van der Waals surface area contributed by atoms with Crippen molar-refractivity contribution in [2.45, 2.75) is 32.7 Å². The van der Waals surface area contributed by atoms with Crippen LogP contribution in [0.4, 0.5) is 5.69 Å². The molecule has 1 saturated heterocycles. The first-order valence-electron chi connectivity index (χ1n) is 8.04. The number of nitrogens with zero attached hydrogens (tertiary/aromatic N) is 2. The summed E-state index contributed by atoms with van der Waals surface area (Å²) in [4.78, 5) is 6.79. The Morgan fingerprint density at radius 3 is 3.10 bits per heavy atom. The number of hydrogen-bond acceptors (Lipinski definition) is 3. The number of anilines is 1.